The van der Waals surface area contributed by atoms with Crippen LogP contribution in [0.1, 0.15) is 18.4 Å². The zero-order valence-electron chi connectivity index (χ0n) is 25.5. The Morgan fingerprint density at radius 2 is 1.66 bits per heavy atom. The molecule has 47 heavy (non-hydrogen) atoms. The molecule has 1 aliphatic rings. The van der Waals surface area contributed by atoms with Crippen molar-refractivity contribution in [2.45, 2.75) is 19.4 Å². The molecule has 0 spiro atoms. The summed E-state index contributed by atoms with van der Waals surface area (Å²) >= 11 is 0. The Morgan fingerprint density at radius 1 is 0.809 bits per heavy atom. The average Bonchev–Trinajstić information content (AvgIpc) is 3.87. The molecule has 0 amide bonds. The number of imidazole rings is 1. The summed E-state index contributed by atoms with van der Waals surface area (Å²) in [6.45, 7) is 3.95. The van der Waals surface area contributed by atoms with Crippen molar-refractivity contribution in [3.8, 4) is 45.3 Å². The Labute approximate surface area is 269 Å². The molecule has 0 radical (unpaired) electrons. The number of nitrogens with zero attached hydrogens (tertiary/aromatic N) is 6. The SMILES string of the molecule is Fc1cc(OCCN2CCCC2)cc(-c2ccnc3[nH]c(-c4n[nH]c5ncc(-c6cncc(OCc7ccccc7)c6)cc45)nc23)c1. The zero-order valence-corrected chi connectivity index (χ0v) is 25.5. The van der Waals surface area contributed by atoms with Gasteiger partial charge >= 0.3 is 0 Å². The maximum absolute atomic E-state index is 14.8. The molecular formula is C36H31FN8O2. The highest BCUT2D eigenvalue weighted by atomic mass is 19.1. The fourth-order valence-electron chi connectivity index (χ4n) is 5.99. The number of benzene rings is 2. The molecule has 1 fully saturated rings. The first-order chi connectivity index (χ1) is 23.2. The number of pyridine rings is 3. The van der Waals surface area contributed by atoms with Gasteiger partial charge in [0.05, 0.1) is 11.6 Å². The van der Waals surface area contributed by atoms with Crippen molar-refractivity contribution in [1.29, 1.82) is 0 Å². The summed E-state index contributed by atoms with van der Waals surface area (Å²) < 4.78 is 26.8. The van der Waals surface area contributed by atoms with Crippen LogP contribution in [0.3, 0.4) is 0 Å². The molecular weight excluding hydrogens is 595 g/mol. The van der Waals surface area contributed by atoms with Crippen LogP contribution >= 0.6 is 0 Å². The number of halogens is 1. The molecule has 0 atom stereocenters. The lowest BCUT2D eigenvalue weighted by molar-refractivity contribution is 0.237. The van der Waals surface area contributed by atoms with Gasteiger partial charge < -0.3 is 14.5 Å². The third kappa shape index (κ3) is 6.12. The van der Waals surface area contributed by atoms with E-state index in [-0.39, 0.29) is 5.82 Å². The number of hydrogen-bond acceptors (Lipinski definition) is 8. The largest absolute Gasteiger partial charge is 0.492 e. The van der Waals surface area contributed by atoms with Gasteiger partial charge in [-0.1, -0.05) is 30.3 Å². The van der Waals surface area contributed by atoms with Gasteiger partial charge in [-0.05, 0) is 67.4 Å². The maximum Gasteiger partial charge on any atom is 0.161 e. The molecule has 8 rings (SSSR count). The number of ether oxygens (including phenoxy) is 2. The number of fused-ring (bicyclic) bond motifs is 2. The van der Waals surface area contributed by atoms with Crippen molar-refractivity contribution >= 4 is 22.2 Å². The van der Waals surface area contributed by atoms with Crippen molar-refractivity contribution < 1.29 is 13.9 Å². The Morgan fingerprint density at radius 3 is 2.55 bits per heavy atom. The predicted octanol–water partition coefficient (Wildman–Crippen LogP) is 6.82. The van der Waals surface area contributed by atoms with Gasteiger partial charge in [0.15, 0.2) is 17.1 Å². The van der Waals surface area contributed by atoms with Crippen LogP contribution in [0.25, 0.3) is 56.0 Å². The van der Waals surface area contributed by atoms with E-state index in [9.17, 15) is 4.39 Å². The van der Waals surface area contributed by atoms with E-state index in [1.54, 1.807) is 24.8 Å². The van der Waals surface area contributed by atoms with Crippen LogP contribution in [-0.2, 0) is 6.61 Å². The van der Waals surface area contributed by atoms with Gasteiger partial charge in [0.1, 0.15) is 41.7 Å². The number of aromatic nitrogens is 7. The normalized spacial score (nSPS) is 13.5. The Balaban J connectivity index is 1.08. The molecule has 0 bridgehead atoms. The van der Waals surface area contributed by atoms with Crippen molar-refractivity contribution in [2.24, 2.45) is 0 Å². The molecule has 2 aromatic carbocycles. The molecule has 7 aromatic rings. The summed E-state index contributed by atoms with van der Waals surface area (Å²) in [4.78, 5) is 24.1. The number of aromatic amines is 2. The lowest BCUT2D eigenvalue weighted by Gasteiger charge is -2.15. The summed E-state index contributed by atoms with van der Waals surface area (Å²) in [7, 11) is 0. The van der Waals surface area contributed by atoms with E-state index in [0.717, 1.165) is 47.3 Å². The molecule has 6 heterocycles. The highest BCUT2D eigenvalue weighted by Gasteiger charge is 2.18. The van der Waals surface area contributed by atoms with Crippen LogP contribution in [0.15, 0.2) is 91.5 Å². The molecule has 0 aliphatic carbocycles. The van der Waals surface area contributed by atoms with Crippen LogP contribution in [0.4, 0.5) is 4.39 Å². The van der Waals surface area contributed by atoms with Gasteiger partial charge in [-0.2, -0.15) is 5.10 Å². The van der Waals surface area contributed by atoms with Crippen LogP contribution < -0.4 is 9.47 Å². The molecule has 0 unspecified atom stereocenters. The minimum absolute atomic E-state index is 0.375. The number of H-pyrrole nitrogens is 2. The van der Waals surface area contributed by atoms with E-state index in [2.05, 4.69) is 35.0 Å². The van der Waals surface area contributed by atoms with Crippen LogP contribution in [0.5, 0.6) is 11.5 Å². The first-order valence-corrected chi connectivity index (χ1v) is 15.6. The molecule has 10 nitrogen and oxygen atoms in total. The van der Waals surface area contributed by atoms with Crippen molar-refractivity contribution in [2.75, 3.05) is 26.2 Å². The molecule has 234 valence electrons. The fraction of sp³-hybridized carbons (Fsp3) is 0.194. The van der Waals surface area contributed by atoms with Crippen molar-refractivity contribution in [3.05, 3.63) is 103 Å². The second-order valence-electron chi connectivity index (χ2n) is 11.6. The molecule has 0 saturated carbocycles. The average molecular weight is 627 g/mol. The van der Waals surface area contributed by atoms with Gasteiger partial charge in [-0.15, -0.1) is 0 Å². The van der Waals surface area contributed by atoms with Crippen molar-refractivity contribution in [1.82, 2.24) is 40.0 Å². The summed E-state index contributed by atoms with van der Waals surface area (Å²) in [6, 6.07) is 20.5. The van der Waals surface area contributed by atoms with E-state index in [0.29, 0.717) is 58.6 Å². The number of hydrogen-bond donors (Lipinski definition) is 2. The molecule has 5 aromatic heterocycles. The van der Waals surface area contributed by atoms with E-state index >= 15 is 0 Å². The minimum atomic E-state index is -0.375. The monoisotopic (exact) mass is 626 g/mol. The third-order valence-corrected chi connectivity index (χ3v) is 8.38. The lowest BCUT2D eigenvalue weighted by atomic mass is 10.1. The van der Waals surface area contributed by atoms with Gasteiger partial charge in [-0.3, -0.25) is 15.0 Å². The van der Waals surface area contributed by atoms with Gasteiger partial charge in [0, 0.05) is 47.9 Å². The lowest BCUT2D eigenvalue weighted by Crippen LogP contribution is -2.25. The smallest absolute Gasteiger partial charge is 0.161 e. The quantitative estimate of drug-likeness (QED) is 0.170. The Hall–Kier alpha value is -5.68. The van der Waals surface area contributed by atoms with Crippen LogP contribution in [0, 0.1) is 5.82 Å². The van der Waals surface area contributed by atoms with Crippen LogP contribution in [-0.4, -0.2) is 66.3 Å². The molecule has 11 heteroatoms. The van der Waals surface area contributed by atoms with Gasteiger partial charge in [0.2, 0.25) is 0 Å². The van der Waals surface area contributed by atoms with E-state index in [1.807, 2.05) is 54.6 Å². The molecule has 2 N–H and O–H groups in total. The van der Waals surface area contributed by atoms with Gasteiger partial charge in [0.25, 0.3) is 0 Å². The van der Waals surface area contributed by atoms with E-state index in [4.69, 9.17) is 14.5 Å². The summed E-state index contributed by atoms with van der Waals surface area (Å²) in [5.41, 5.74) is 6.54. The minimum Gasteiger partial charge on any atom is -0.492 e. The molecule has 1 aliphatic heterocycles. The topological polar surface area (TPSA) is 118 Å². The van der Waals surface area contributed by atoms with E-state index in [1.165, 1.54) is 25.0 Å². The molecule has 1 saturated heterocycles. The number of nitrogens with one attached hydrogen (secondary N) is 2. The summed E-state index contributed by atoms with van der Waals surface area (Å²) in [5.74, 6) is 1.29. The standard InChI is InChI=1S/C36H31FN8O2/c37-27-14-24(15-28(18-27)46-13-12-45-10-4-5-11-45)30-8-9-39-35-32(30)41-36(42-35)33-31-17-26(20-40-34(31)44-43-33)25-16-29(21-38-19-25)47-22-23-6-2-1-3-7-23/h1-3,6-9,14-21H,4-5,10-13,22H2,(H,39,41,42)(H,40,43,44). The highest BCUT2D eigenvalue weighted by molar-refractivity contribution is 5.96. The first-order valence-electron chi connectivity index (χ1n) is 15.6. The first kappa shape index (κ1) is 28.8. The van der Waals surface area contributed by atoms with Gasteiger partial charge in [-0.25, -0.2) is 19.3 Å². The third-order valence-electron chi connectivity index (χ3n) is 8.38. The second kappa shape index (κ2) is 12.6. The number of likely N-dealkylation sites (tertiary alicyclic amines) is 1. The Kier molecular flexibility index (Phi) is 7.72. The number of rotatable bonds is 10. The summed E-state index contributed by atoms with van der Waals surface area (Å²) in [6.07, 6.45) is 9.36. The highest BCUT2D eigenvalue weighted by Crippen LogP contribution is 2.34. The van der Waals surface area contributed by atoms with Crippen molar-refractivity contribution in [3.63, 3.8) is 0 Å². The Bertz CT molecular complexity index is 2180. The second-order valence-corrected chi connectivity index (χ2v) is 11.6. The van der Waals surface area contributed by atoms with Crippen LogP contribution in [0.2, 0.25) is 0 Å². The predicted molar refractivity (Wildman–Crippen MR) is 177 cm³/mol. The zero-order chi connectivity index (χ0) is 31.6. The van der Waals surface area contributed by atoms with E-state index < -0.39 is 0 Å². The maximum atomic E-state index is 14.8. The summed E-state index contributed by atoms with van der Waals surface area (Å²) in [5, 5.41) is 8.32. The fourth-order valence-corrected chi connectivity index (χ4v) is 5.99.